The van der Waals surface area contributed by atoms with Gasteiger partial charge in [-0.15, -0.1) is 0 Å². The molecule has 0 bridgehead atoms. The van der Waals surface area contributed by atoms with E-state index in [1.165, 1.54) is 16.7 Å². The van der Waals surface area contributed by atoms with Crippen LogP contribution >= 0.6 is 0 Å². The molecule has 0 saturated carbocycles. The highest BCUT2D eigenvalue weighted by atomic mass is 16.4. The van der Waals surface area contributed by atoms with Crippen LogP contribution in [0.2, 0.25) is 0 Å². The summed E-state index contributed by atoms with van der Waals surface area (Å²) < 4.78 is 0. The van der Waals surface area contributed by atoms with Crippen molar-refractivity contribution in [1.82, 2.24) is 4.90 Å². The van der Waals surface area contributed by atoms with E-state index in [-0.39, 0.29) is 11.5 Å². The Hall–Kier alpha value is -2.81. The van der Waals surface area contributed by atoms with Crippen LogP contribution in [0.3, 0.4) is 0 Å². The predicted octanol–water partition coefficient (Wildman–Crippen LogP) is 2.45. The molecule has 0 atom stereocenters. The van der Waals surface area contributed by atoms with Crippen LogP contribution in [0.25, 0.3) is 0 Å². The number of hydrogen-bond donors (Lipinski definition) is 2. The van der Waals surface area contributed by atoms with E-state index in [2.05, 4.69) is 5.32 Å². The molecule has 24 heavy (non-hydrogen) atoms. The molecule has 0 spiro atoms. The highest BCUT2D eigenvalue weighted by molar-refractivity contribution is 5.97. The second-order valence-corrected chi connectivity index (χ2v) is 6.02. The maximum atomic E-state index is 12.4. The minimum Gasteiger partial charge on any atom is -0.481 e. The molecular formula is C18H21N3O3. The number of piperidine rings is 1. The lowest BCUT2D eigenvalue weighted by Crippen LogP contribution is -2.40. The number of carbonyl (C=O) groups is 2. The van der Waals surface area contributed by atoms with E-state index in [0.717, 1.165) is 11.3 Å². The molecule has 126 valence electrons. The summed E-state index contributed by atoms with van der Waals surface area (Å²) in [6, 6.07) is 7.72. The number of anilines is 1. The maximum absolute atomic E-state index is 12.4. The molecule has 2 rings (SSSR count). The molecule has 1 aromatic rings. The molecule has 6 nitrogen and oxygen atoms in total. The molecule has 1 aliphatic heterocycles. The van der Waals surface area contributed by atoms with Crippen molar-refractivity contribution in [3.63, 3.8) is 0 Å². The molecule has 6 heteroatoms. The van der Waals surface area contributed by atoms with Gasteiger partial charge in [-0.05, 0) is 49.9 Å². The number of amides is 1. The van der Waals surface area contributed by atoms with Gasteiger partial charge >= 0.3 is 5.97 Å². The zero-order valence-electron chi connectivity index (χ0n) is 13.9. The van der Waals surface area contributed by atoms with Gasteiger partial charge in [-0.3, -0.25) is 9.59 Å². The summed E-state index contributed by atoms with van der Waals surface area (Å²) in [6.07, 6.45) is 2.25. The number of hydrogen-bond acceptors (Lipinski definition) is 4. The average Bonchev–Trinajstić information content (AvgIpc) is 2.58. The number of aryl methyl sites for hydroxylation is 2. The van der Waals surface area contributed by atoms with Crippen LogP contribution < -0.4 is 5.32 Å². The minimum atomic E-state index is -0.824. The smallest absolute Gasteiger partial charge is 0.306 e. The molecule has 1 aromatic carbocycles. The Bertz CT molecular complexity index is 711. The predicted molar refractivity (Wildman–Crippen MR) is 90.2 cm³/mol. The highest BCUT2D eigenvalue weighted by Crippen LogP contribution is 2.19. The topological polar surface area (TPSA) is 93.4 Å². The van der Waals surface area contributed by atoms with Gasteiger partial charge in [-0.25, -0.2) is 0 Å². The Labute approximate surface area is 141 Å². The summed E-state index contributed by atoms with van der Waals surface area (Å²) in [7, 11) is 0. The third-order valence-electron chi connectivity index (χ3n) is 4.37. The second-order valence-electron chi connectivity index (χ2n) is 6.02. The van der Waals surface area contributed by atoms with Crippen LogP contribution in [0.15, 0.2) is 30.0 Å². The number of aliphatic carboxylic acids is 1. The van der Waals surface area contributed by atoms with E-state index in [4.69, 9.17) is 5.11 Å². The van der Waals surface area contributed by atoms with Crippen molar-refractivity contribution in [3.8, 4) is 6.07 Å². The lowest BCUT2D eigenvalue weighted by atomic mass is 9.97. The number of rotatable bonds is 4. The zero-order valence-corrected chi connectivity index (χ0v) is 13.9. The van der Waals surface area contributed by atoms with Gasteiger partial charge in [-0.2, -0.15) is 5.26 Å². The minimum absolute atomic E-state index is 0.0157. The quantitative estimate of drug-likeness (QED) is 0.654. The van der Waals surface area contributed by atoms with Crippen LogP contribution in [0.1, 0.15) is 24.0 Å². The van der Waals surface area contributed by atoms with Crippen LogP contribution in [0.5, 0.6) is 0 Å². The molecule has 1 heterocycles. The number of nitrogens with zero attached hydrogens (tertiary/aromatic N) is 2. The van der Waals surface area contributed by atoms with Crippen molar-refractivity contribution in [2.75, 3.05) is 18.4 Å². The number of carboxylic acids is 1. The summed E-state index contributed by atoms with van der Waals surface area (Å²) >= 11 is 0. The van der Waals surface area contributed by atoms with E-state index in [0.29, 0.717) is 25.9 Å². The van der Waals surface area contributed by atoms with Gasteiger partial charge in [0.05, 0.1) is 5.92 Å². The molecule has 0 aromatic heterocycles. The van der Waals surface area contributed by atoms with Gasteiger partial charge in [0.1, 0.15) is 11.6 Å². The maximum Gasteiger partial charge on any atom is 0.306 e. The number of likely N-dealkylation sites (tertiary alicyclic amines) is 1. The fraction of sp³-hybridized carbons (Fsp3) is 0.389. The lowest BCUT2D eigenvalue weighted by molar-refractivity contribution is -0.145. The van der Waals surface area contributed by atoms with Gasteiger partial charge in [-0.1, -0.05) is 6.07 Å². The molecule has 0 radical (unpaired) electrons. The Morgan fingerprint density at radius 2 is 1.96 bits per heavy atom. The third-order valence-corrected chi connectivity index (χ3v) is 4.37. The highest BCUT2D eigenvalue weighted by Gasteiger charge is 2.28. The van der Waals surface area contributed by atoms with Crippen molar-refractivity contribution in [1.29, 1.82) is 5.26 Å². The van der Waals surface area contributed by atoms with Gasteiger partial charge in [0.15, 0.2) is 0 Å². The Balaban J connectivity index is 2.02. The molecule has 1 fully saturated rings. The molecule has 1 amide bonds. The van der Waals surface area contributed by atoms with E-state index in [1.54, 1.807) is 0 Å². The van der Waals surface area contributed by atoms with Crippen molar-refractivity contribution in [2.45, 2.75) is 26.7 Å². The van der Waals surface area contributed by atoms with Crippen LogP contribution in [0, 0.1) is 31.1 Å². The first-order valence-corrected chi connectivity index (χ1v) is 7.88. The summed E-state index contributed by atoms with van der Waals surface area (Å²) in [5.41, 5.74) is 3.11. The molecule has 2 N–H and O–H groups in total. The summed E-state index contributed by atoms with van der Waals surface area (Å²) in [6.45, 7) is 4.73. The molecule has 0 unspecified atom stereocenters. The summed E-state index contributed by atoms with van der Waals surface area (Å²) in [5.74, 6) is -1.59. The second kappa shape index (κ2) is 7.64. The number of nitriles is 1. The van der Waals surface area contributed by atoms with E-state index >= 15 is 0 Å². The average molecular weight is 327 g/mol. The van der Waals surface area contributed by atoms with Gasteiger partial charge in [0, 0.05) is 25.0 Å². The van der Waals surface area contributed by atoms with Crippen molar-refractivity contribution >= 4 is 17.6 Å². The molecule has 0 aliphatic carbocycles. The van der Waals surface area contributed by atoms with Crippen molar-refractivity contribution in [2.24, 2.45) is 5.92 Å². The SMILES string of the molecule is Cc1ccc(N/C=C(/C#N)C(=O)N2CCC(C(=O)O)CC2)cc1C. The fourth-order valence-electron chi connectivity index (χ4n) is 2.63. The first-order chi connectivity index (χ1) is 11.4. The lowest BCUT2D eigenvalue weighted by Gasteiger charge is -2.29. The normalized spacial score (nSPS) is 15.7. The number of nitrogens with one attached hydrogen (secondary N) is 1. The first-order valence-electron chi connectivity index (χ1n) is 7.88. The van der Waals surface area contributed by atoms with Crippen molar-refractivity contribution < 1.29 is 14.7 Å². The van der Waals surface area contributed by atoms with Gasteiger partial charge in [0.25, 0.3) is 5.91 Å². The van der Waals surface area contributed by atoms with E-state index in [9.17, 15) is 14.9 Å². The standard InChI is InChI=1S/C18H21N3O3/c1-12-3-4-16(9-13(12)2)20-11-15(10-19)17(22)21-7-5-14(6-8-21)18(23)24/h3-4,9,11,14,20H,5-8H2,1-2H3,(H,23,24)/b15-11-. The van der Waals surface area contributed by atoms with E-state index < -0.39 is 11.9 Å². The summed E-state index contributed by atoms with van der Waals surface area (Å²) in [4.78, 5) is 24.9. The molecule has 1 aliphatic rings. The largest absolute Gasteiger partial charge is 0.481 e. The van der Waals surface area contributed by atoms with Crippen molar-refractivity contribution in [3.05, 3.63) is 41.1 Å². The third kappa shape index (κ3) is 4.13. The Morgan fingerprint density at radius 1 is 1.29 bits per heavy atom. The van der Waals surface area contributed by atoms with Gasteiger partial charge < -0.3 is 15.3 Å². The number of benzene rings is 1. The first kappa shape index (κ1) is 17.5. The van der Waals surface area contributed by atoms with Gasteiger partial charge in [0.2, 0.25) is 0 Å². The van der Waals surface area contributed by atoms with Crippen LogP contribution in [-0.2, 0) is 9.59 Å². The Kier molecular flexibility index (Phi) is 5.59. The Morgan fingerprint density at radius 3 is 2.50 bits per heavy atom. The van der Waals surface area contributed by atoms with Crippen LogP contribution in [-0.4, -0.2) is 35.0 Å². The van der Waals surface area contributed by atoms with Crippen LogP contribution in [0.4, 0.5) is 5.69 Å². The van der Waals surface area contributed by atoms with E-state index in [1.807, 2.05) is 38.1 Å². The fourth-order valence-corrected chi connectivity index (χ4v) is 2.63. The summed E-state index contributed by atoms with van der Waals surface area (Å²) in [5, 5.41) is 21.2. The monoisotopic (exact) mass is 327 g/mol. The number of carbonyl (C=O) groups excluding carboxylic acids is 1. The number of carboxylic acid groups (broad SMARTS) is 1. The molecule has 1 saturated heterocycles. The zero-order chi connectivity index (χ0) is 17.7. The molecular weight excluding hydrogens is 306 g/mol.